The quantitative estimate of drug-likeness (QED) is 0.461. The number of aromatic nitrogens is 2. The van der Waals surface area contributed by atoms with E-state index in [-0.39, 0.29) is 18.0 Å². The molecule has 2 heterocycles. The molecule has 2 aromatic carbocycles. The van der Waals surface area contributed by atoms with Gasteiger partial charge in [0.1, 0.15) is 0 Å². The van der Waals surface area contributed by atoms with Crippen molar-refractivity contribution < 1.29 is 9.59 Å². The molecule has 2 aliphatic rings. The number of benzene rings is 2. The lowest BCUT2D eigenvalue weighted by atomic mass is 9.94. The van der Waals surface area contributed by atoms with Crippen LogP contribution in [0.2, 0.25) is 0 Å². The number of amides is 2. The fourth-order valence-corrected chi connectivity index (χ4v) is 4.08. The second-order valence-electron chi connectivity index (χ2n) is 7.83. The van der Waals surface area contributed by atoms with E-state index in [1.54, 1.807) is 11.0 Å². The standard InChI is InChI=1S/C22H21N5O2/c1-11(21(24)28)9-27-10-16-14(5-6-17(23)19(16)22(27)29)13-4-7-18-15(8-13)20(26-25-18)12-2-3-12/h4-8,12H,1-3,9-10,23H2,(H2,24,28)(H,25,26). The molecule has 0 atom stereocenters. The highest BCUT2D eigenvalue weighted by atomic mass is 16.2. The van der Waals surface area contributed by atoms with Crippen molar-refractivity contribution in [1.29, 1.82) is 0 Å². The van der Waals surface area contributed by atoms with Gasteiger partial charge in [-0.15, -0.1) is 0 Å². The second kappa shape index (κ2) is 6.20. The van der Waals surface area contributed by atoms with Gasteiger partial charge in [-0.3, -0.25) is 14.7 Å². The predicted molar refractivity (Wildman–Crippen MR) is 111 cm³/mol. The van der Waals surface area contributed by atoms with Crippen LogP contribution in [0.3, 0.4) is 0 Å². The lowest BCUT2D eigenvalue weighted by Crippen LogP contribution is -2.30. The minimum absolute atomic E-state index is 0.0916. The van der Waals surface area contributed by atoms with Crippen molar-refractivity contribution >= 4 is 28.4 Å². The molecule has 29 heavy (non-hydrogen) atoms. The first-order valence-electron chi connectivity index (χ1n) is 9.60. The molecule has 0 spiro atoms. The van der Waals surface area contributed by atoms with Crippen molar-refractivity contribution in [3.63, 3.8) is 0 Å². The third-order valence-electron chi connectivity index (χ3n) is 5.79. The molecule has 1 saturated carbocycles. The monoisotopic (exact) mass is 387 g/mol. The number of carbonyl (C=O) groups is 2. The van der Waals surface area contributed by atoms with Crippen molar-refractivity contribution in [2.75, 3.05) is 12.3 Å². The number of nitrogen functional groups attached to an aromatic ring is 1. The van der Waals surface area contributed by atoms with Crippen LogP contribution in [-0.2, 0) is 11.3 Å². The fraction of sp³-hybridized carbons (Fsp3) is 0.227. The number of primary amides is 1. The van der Waals surface area contributed by atoms with Gasteiger partial charge in [0.15, 0.2) is 0 Å². The van der Waals surface area contributed by atoms with E-state index in [1.165, 1.54) is 12.8 Å². The highest BCUT2D eigenvalue weighted by molar-refractivity contribution is 6.06. The molecule has 1 aliphatic heterocycles. The van der Waals surface area contributed by atoms with Crippen LogP contribution >= 0.6 is 0 Å². The maximum absolute atomic E-state index is 12.9. The maximum atomic E-state index is 12.9. The van der Waals surface area contributed by atoms with Gasteiger partial charge in [-0.2, -0.15) is 5.10 Å². The summed E-state index contributed by atoms with van der Waals surface area (Å²) in [6, 6.07) is 9.90. The molecule has 7 nitrogen and oxygen atoms in total. The molecule has 1 fully saturated rings. The minimum Gasteiger partial charge on any atom is -0.398 e. The molecule has 3 aromatic rings. The van der Waals surface area contributed by atoms with Crippen LogP contribution in [0.1, 0.15) is 40.4 Å². The van der Waals surface area contributed by atoms with Gasteiger partial charge in [0.2, 0.25) is 5.91 Å². The second-order valence-corrected chi connectivity index (χ2v) is 7.83. The number of hydrogen-bond donors (Lipinski definition) is 3. The number of nitrogens with two attached hydrogens (primary N) is 2. The summed E-state index contributed by atoms with van der Waals surface area (Å²) in [5.74, 6) is -0.280. The van der Waals surface area contributed by atoms with Gasteiger partial charge in [0.05, 0.1) is 23.3 Å². The van der Waals surface area contributed by atoms with Crippen LogP contribution in [0.25, 0.3) is 22.0 Å². The number of H-pyrrole nitrogens is 1. The number of aromatic amines is 1. The molecule has 1 aliphatic carbocycles. The van der Waals surface area contributed by atoms with Gasteiger partial charge in [0, 0.05) is 29.1 Å². The number of rotatable bonds is 5. The molecular weight excluding hydrogens is 366 g/mol. The first-order chi connectivity index (χ1) is 13.9. The highest BCUT2D eigenvalue weighted by Gasteiger charge is 2.33. The van der Waals surface area contributed by atoms with Crippen LogP contribution in [0, 0.1) is 0 Å². The van der Waals surface area contributed by atoms with E-state index < -0.39 is 5.91 Å². The molecule has 0 unspecified atom stereocenters. The Balaban J connectivity index is 1.58. The minimum atomic E-state index is -0.611. The fourth-order valence-electron chi connectivity index (χ4n) is 4.08. The molecular formula is C22H21N5O2. The SMILES string of the molecule is C=C(CN1Cc2c(-c3ccc4[nH]nc(C5CC5)c4c3)ccc(N)c2C1=O)C(N)=O. The summed E-state index contributed by atoms with van der Waals surface area (Å²) < 4.78 is 0. The van der Waals surface area contributed by atoms with E-state index in [4.69, 9.17) is 11.5 Å². The molecule has 0 bridgehead atoms. The Bertz CT molecular complexity index is 1210. The summed E-state index contributed by atoms with van der Waals surface area (Å²) in [6.45, 7) is 4.12. The number of anilines is 1. The Hall–Kier alpha value is -3.61. The van der Waals surface area contributed by atoms with Crippen LogP contribution in [0.15, 0.2) is 42.5 Å². The third kappa shape index (κ3) is 2.77. The number of hydrogen-bond acceptors (Lipinski definition) is 4. The van der Waals surface area contributed by atoms with Gasteiger partial charge >= 0.3 is 0 Å². The van der Waals surface area contributed by atoms with E-state index in [9.17, 15) is 9.59 Å². The lowest BCUT2D eigenvalue weighted by Gasteiger charge is -2.15. The molecule has 5 N–H and O–H groups in total. The molecule has 1 aromatic heterocycles. The van der Waals surface area contributed by atoms with Crippen molar-refractivity contribution in [2.45, 2.75) is 25.3 Å². The first-order valence-corrected chi connectivity index (χ1v) is 9.60. The van der Waals surface area contributed by atoms with Gasteiger partial charge < -0.3 is 16.4 Å². The summed E-state index contributed by atoms with van der Waals surface area (Å²) >= 11 is 0. The number of carbonyl (C=O) groups excluding carboxylic acids is 2. The Labute approximate surface area is 167 Å². The Kier molecular flexibility index (Phi) is 3.74. The van der Waals surface area contributed by atoms with E-state index in [0.29, 0.717) is 23.7 Å². The van der Waals surface area contributed by atoms with Crippen LogP contribution in [0.4, 0.5) is 5.69 Å². The van der Waals surface area contributed by atoms with Crippen molar-refractivity contribution in [3.05, 3.63) is 59.3 Å². The van der Waals surface area contributed by atoms with Crippen molar-refractivity contribution in [3.8, 4) is 11.1 Å². The molecule has 2 amide bonds. The predicted octanol–water partition coefficient (Wildman–Crippen LogP) is 2.69. The lowest BCUT2D eigenvalue weighted by molar-refractivity contribution is -0.114. The van der Waals surface area contributed by atoms with Crippen LogP contribution in [-0.4, -0.2) is 33.5 Å². The highest BCUT2D eigenvalue weighted by Crippen LogP contribution is 2.43. The van der Waals surface area contributed by atoms with E-state index in [1.807, 2.05) is 18.2 Å². The molecule has 146 valence electrons. The van der Waals surface area contributed by atoms with Gasteiger partial charge in [-0.25, -0.2) is 0 Å². The zero-order valence-corrected chi connectivity index (χ0v) is 15.9. The summed E-state index contributed by atoms with van der Waals surface area (Å²) in [6.07, 6.45) is 2.35. The van der Waals surface area contributed by atoms with E-state index >= 15 is 0 Å². The largest absolute Gasteiger partial charge is 0.398 e. The van der Waals surface area contributed by atoms with Crippen molar-refractivity contribution in [1.82, 2.24) is 15.1 Å². The molecule has 0 radical (unpaired) electrons. The topological polar surface area (TPSA) is 118 Å². The Morgan fingerprint density at radius 2 is 2.07 bits per heavy atom. The Morgan fingerprint density at radius 1 is 1.28 bits per heavy atom. The molecule has 5 rings (SSSR count). The average molecular weight is 387 g/mol. The summed E-state index contributed by atoms with van der Waals surface area (Å²) in [7, 11) is 0. The summed E-state index contributed by atoms with van der Waals surface area (Å²) in [5.41, 5.74) is 17.5. The smallest absolute Gasteiger partial charge is 0.256 e. The number of nitrogens with one attached hydrogen (secondary N) is 1. The van der Waals surface area contributed by atoms with Crippen LogP contribution < -0.4 is 11.5 Å². The number of fused-ring (bicyclic) bond motifs is 2. The van der Waals surface area contributed by atoms with E-state index in [2.05, 4.69) is 22.8 Å². The molecule has 7 heteroatoms. The molecule has 0 saturated heterocycles. The van der Waals surface area contributed by atoms with Gasteiger partial charge in [0.25, 0.3) is 5.91 Å². The first kappa shape index (κ1) is 17.5. The van der Waals surface area contributed by atoms with Crippen LogP contribution in [0.5, 0.6) is 0 Å². The van der Waals surface area contributed by atoms with Crippen molar-refractivity contribution in [2.24, 2.45) is 5.73 Å². The van der Waals surface area contributed by atoms with Gasteiger partial charge in [-0.05, 0) is 47.7 Å². The number of nitrogens with zero attached hydrogens (tertiary/aromatic N) is 2. The maximum Gasteiger partial charge on any atom is 0.256 e. The average Bonchev–Trinajstić information content (AvgIpc) is 3.37. The zero-order chi connectivity index (χ0) is 20.3. The summed E-state index contributed by atoms with van der Waals surface area (Å²) in [5, 5.41) is 8.73. The van der Waals surface area contributed by atoms with Gasteiger partial charge in [-0.1, -0.05) is 18.7 Å². The summed E-state index contributed by atoms with van der Waals surface area (Å²) in [4.78, 5) is 25.8. The third-order valence-corrected chi connectivity index (χ3v) is 5.79. The van der Waals surface area contributed by atoms with E-state index in [0.717, 1.165) is 33.3 Å². The zero-order valence-electron chi connectivity index (χ0n) is 15.9. The Morgan fingerprint density at radius 3 is 2.79 bits per heavy atom. The normalized spacial score (nSPS) is 15.7.